The van der Waals surface area contributed by atoms with E-state index in [1.165, 1.54) is 24.4 Å². The number of rotatable bonds is 3. The molecule has 92 valence electrons. The molecule has 0 saturated carbocycles. The Hall–Kier alpha value is -2.08. The van der Waals surface area contributed by atoms with E-state index in [2.05, 4.69) is 4.98 Å². The second kappa shape index (κ2) is 5.05. The highest BCUT2D eigenvalue weighted by Crippen LogP contribution is 2.29. The van der Waals surface area contributed by atoms with Gasteiger partial charge in [0.15, 0.2) is 0 Å². The molecule has 0 saturated heterocycles. The van der Waals surface area contributed by atoms with Crippen molar-refractivity contribution >= 4 is 23.4 Å². The van der Waals surface area contributed by atoms with Gasteiger partial charge in [0.1, 0.15) is 10.8 Å². The number of carboxylic acids is 1. The normalized spacial score (nSPS) is 10.3. The van der Waals surface area contributed by atoms with E-state index in [0.29, 0.717) is 4.90 Å². The number of pyridine rings is 1. The average Bonchev–Trinajstić information content (AvgIpc) is 2.31. The molecule has 0 aliphatic carbocycles. The Morgan fingerprint density at radius 2 is 2.17 bits per heavy atom. The summed E-state index contributed by atoms with van der Waals surface area (Å²) in [6, 6.07) is 7.19. The second-order valence-electron chi connectivity index (χ2n) is 3.49. The minimum Gasteiger partial charge on any atom is -0.478 e. The van der Waals surface area contributed by atoms with E-state index in [1.54, 1.807) is 12.1 Å². The molecule has 2 rings (SSSR count). The van der Waals surface area contributed by atoms with Crippen LogP contribution in [-0.2, 0) is 0 Å². The number of carbonyl (C=O) groups is 1. The molecule has 3 N–H and O–H groups in total. The first kappa shape index (κ1) is 12.4. The summed E-state index contributed by atoms with van der Waals surface area (Å²) in [5.41, 5.74) is 5.77. The van der Waals surface area contributed by atoms with Crippen molar-refractivity contribution in [1.29, 1.82) is 0 Å². The third kappa shape index (κ3) is 2.78. The number of carboxylic acid groups (broad SMARTS) is 1. The highest BCUT2D eigenvalue weighted by Gasteiger charge is 2.13. The molecule has 0 amide bonds. The van der Waals surface area contributed by atoms with Crippen LogP contribution in [0.5, 0.6) is 0 Å². The lowest BCUT2D eigenvalue weighted by molar-refractivity contribution is 0.0692. The summed E-state index contributed by atoms with van der Waals surface area (Å²) in [6.07, 6.45) is 1.37. The maximum atomic E-state index is 13.0. The fraction of sp³-hybridized carbons (Fsp3) is 0. The Bertz CT molecular complexity index is 604. The summed E-state index contributed by atoms with van der Waals surface area (Å²) in [5, 5.41) is 9.32. The molecule has 0 fully saturated rings. The molecule has 6 heteroatoms. The fourth-order valence-electron chi connectivity index (χ4n) is 1.35. The molecule has 0 bridgehead atoms. The van der Waals surface area contributed by atoms with Crippen molar-refractivity contribution in [3.63, 3.8) is 0 Å². The zero-order chi connectivity index (χ0) is 13.1. The maximum absolute atomic E-state index is 13.0. The number of aromatic nitrogens is 1. The fourth-order valence-corrected chi connectivity index (χ4v) is 2.25. The molecule has 18 heavy (non-hydrogen) atoms. The van der Waals surface area contributed by atoms with Gasteiger partial charge >= 0.3 is 5.97 Å². The standard InChI is InChI=1S/C12H9FN2O2S/c13-7-2-1-3-9(4-7)18-11-10(12(16)17)5-8(14)6-15-11/h1-6H,14H2,(H,16,17). The molecule has 2 aromatic rings. The van der Waals surface area contributed by atoms with Crippen molar-refractivity contribution in [2.75, 3.05) is 5.73 Å². The molecular formula is C12H9FN2O2S. The predicted molar refractivity (Wildman–Crippen MR) is 66.1 cm³/mol. The van der Waals surface area contributed by atoms with Crippen molar-refractivity contribution in [2.45, 2.75) is 9.92 Å². The third-order valence-corrected chi connectivity index (χ3v) is 3.12. The molecule has 4 nitrogen and oxygen atoms in total. The lowest BCUT2D eigenvalue weighted by atomic mass is 10.3. The highest BCUT2D eigenvalue weighted by atomic mass is 32.2. The zero-order valence-corrected chi connectivity index (χ0v) is 9.95. The van der Waals surface area contributed by atoms with Crippen molar-refractivity contribution in [3.05, 3.63) is 47.9 Å². The molecule has 0 aliphatic heterocycles. The van der Waals surface area contributed by atoms with Gasteiger partial charge in [-0.3, -0.25) is 0 Å². The number of anilines is 1. The summed E-state index contributed by atoms with van der Waals surface area (Å²) >= 11 is 1.08. The number of nitrogens with two attached hydrogens (primary N) is 1. The van der Waals surface area contributed by atoms with Crippen molar-refractivity contribution in [3.8, 4) is 0 Å². The summed E-state index contributed by atoms with van der Waals surface area (Å²) in [4.78, 5) is 15.6. The predicted octanol–water partition coefficient (Wildman–Crippen LogP) is 2.65. The number of halogens is 1. The maximum Gasteiger partial charge on any atom is 0.338 e. The Kier molecular flexibility index (Phi) is 3.47. The van der Waals surface area contributed by atoms with Gasteiger partial charge in [-0.05, 0) is 24.3 Å². The molecule has 0 unspecified atom stereocenters. The van der Waals surface area contributed by atoms with Gasteiger partial charge in [0.25, 0.3) is 0 Å². The van der Waals surface area contributed by atoms with Crippen LogP contribution in [0.15, 0.2) is 46.5 Å². The van der Waals surface area contributed by atoms with E-state index in [-0.39, 0.29) is 22.1 Å². The van der Waals surface area contributed by atoms with E-state index in [1.807, 2.05) is 0 Å². The number of hydrogen-bond acceptors (Lipinski definition) is 4. The largest absolute Gasteiger partial charge is 0.478 e. The van der Waals surface area contributed by atoms with Gasteiger partial charge in [-0.1, -0.05) is 17.8 Å². The topological polar surface area (TPSA) is 76.2 Å². The first-order chi connectivity index (χ1) is 8.56. The van der Waals surface area contributed by atoms with Crippen LogP contribution in [0.2, 0.25) is 0 Å². The quantitative estimate of drug-likeness (QED) is 0.891. The van der Waals surface area contributed by atoms with Crippen LogP contribution in [-0.4, -0.2) is 16.1 Å². The van der Waals surface area contributed by atoms with Crippen molar-refractivity contribution in [2.24, 2.45) is 0 Å². The van der Waals surface area contributed by atoms with E-state index in [4.69, 9.17) is 10.8 Å². The first-order valence-electron chi connectivity index (χ1n) is 4.98. The molecule has 1 aromatic carbocycles. The Labute approximate surface area is 107 Å². The van der Waals surface area contributed by atoms with Gasteiger partial charge in [0.05, 0.1) is 17.4 Å². The Balaban J connectivity index is 2.37. The summed E-state index contributed by atoms with van der Waals surface area (Å²) in [7, 11) is 0. The second-order valence-corrected chi connectivity index (χ2v) is 4.55. The Morgan fingerprint density at radius 1 is 1.39 bits per heavy atom. The van der Waals surface area contributed by atoms with E-state index < -0.39 is 5.97 Å². The molecule has 0 aliphatic rings. The van der Waals surface area contributed by atoms with Crippen molar-refractivity contribution < 1.29 is 14.3 Å². The van der Waals surface area contributed by atoms with Gasteiger partial charge < -0.3 is 10.8 Å². The van der Waals surface area contributed by atoms with Crippen LogP contribution >= 0.6 is 11.8 Å². The van der Waals surface area contributed by atoms with E-state index in [9.17, 15) is 9.18 Å². The molecule has 0 spiro atoms. The van der Waals surface area contributed by atoms with Crippen molar-refractivity contribution in [1.82, 2.24) is 4.98 Å². The minimum atomic E-state index is -1.12. The van der Waals surface area contributed by atoms with Gasteiger partial charge in [-0.2, -0.15) is 0 Å². The monoisotopic (exact) mass is 264 g/mol. The minimum absolute atomic E-state index is 0.00395. The average molecular weight is 264 g/mol. The van der Waals surface area contributed by atoms with Crippen LogP contribution in [0, 0.1) is 5.82 Å². The van der Waals surface area contributed by atoms with Gasteiger partial charge in [-0.25, -0.2) is 14.2 Å². The molecule has 0 radical (unpaired) electrons. The van der Waals surface area contributed by atoms with Crippen LogP contribution in [0.25, 0.3) is 0 Å². The zero-order valence-electron chi connectivity index (χ0n) is 9.13. The summed E-state index contributed by atoms with van der Waals surface area (Å²) in [5.74, 6) is -1.50. The van der Waals surface area contributed by atoms with Crippen LogP contribution < -0.4 is 5.73 Å². The van der Waals surface area contributed by atoms with Crippen LogP contribution in [0.3, 0.4) is 0 Å². The lowest BCUT2D eigenvalue weighted by Gasteiger charge is -2.05. The summed E-state index contributed by atoms with van der Waals surface area (Å²) in [6.45, 7) is 0. The molecule has 1 aromatic heterocycles. The van der Waals surface area contributed by atoms with E-state index >= 15 is 0 Å². The smallest absolute Gasteiger partial charge is 0.338 e. The molecule has 0 atom stereocenters. The number of hydrogen-bond donors (Lipinski definition) is 2. The first-order valence-corrected chi connectivity index (χ1v) is 5.80. The molecular weight excluding hydrogens is 255 g/mol. The molecule has 1 heterocycles. The van der Waals surface area contributed by atoms with Crippen LogP contribution in [0.1, 0.15) is 10.4 Å². The number of benzene rings is 1. The van der Waals surface area contributed by atoms with Crippen LogP contribution in [0.4, 0.5) is 10.1 Å². The van der Waals surface area contributed by atoms with Gasteiger partial charge in [0.2, 0.25) is 0 Å². The highest BCUT2D eigenvalue weighted by molar-refractivity contribution is 7.99. The number of nitrogen functional groups attached to an aromatic ring is 1. The number of nitrogens with zero attached hydrogens (tertiary/aromatic N) is 1. The Morgan fingerprint density at radius 3 is 2.83 bits per heavy atom. The number of aromatic carboxylic acids is 1. The third-order valence-electron chi connectivity index (χ3n) is 2.11. The SMILES string of the molecule is Nc1cnc(Sc2cccc(F)c2)c(C(=O)O)c1. The summed E-state index contributed by atoms with van der Waals surface area (Å²) < 4.78 is 13.0. The van der Waals surface area contributed by atoms with Gasteiger partial charge in [0, 0.05) is 4.90 Å². The van der Waals surface area contributed by atoms with E-state index in [0.717, 1.165) is 11.8 Å². The van der Waals surface area contributed by atoms with Gasteiger partial charge in [-0.15, -0.1) is 0 Å². The lowest BCUT2D eigenvalue weighted by Crippen LogP contribution is -2.02.